The molecule has 0 bridgehead atoms. The summed E-state index contributed by atoms with van der Waals surface area (Å²) in [6.07, 6.45) is 6.20. The van der Waals surface area contributed by atoms with Gasteiger partial charge in [0.25, 0.3) is 0 Å². The fraction of sp³-hybridized carbons (Fsp3) is 0.714. The summed E-state index contributed by atoms with van der Waals surface area (Å²) in [5, 5.41) is 5.40. The Morgan fingerprint density at radius 1 is 1.14 bits per heavy atom. The second-order valence-corrected chi connectivity index (χ2v) is 9.58. The summed E-state index contributed by atoms with van der Waals surface area (Å²) in [4.78, 5) is 45.6. The van der Waals surface area contributed by atoms with Crippen LogP contribution in [-0.2, 0) is 20.9 Å². The lowest BCUT2D eigenvalue weighted by Gasteiger charge is -2.29. The molecule has 29 heavy (non-hydrogen) atoms. The minimum Gasteiger partial charge on any atom is -0.302 e. The van der Waals surface area contributed by atoms with Gasteiger partial charge in [-0.2, -0.15) is 0 Å². The number of amides is 3. The highest BCUT2D eigenvalue weighted by molar-refractivity contribution is 7.13. The van der Waals surface area contributed by atoms with Crippen LogP contribution < -0.4 is 5.32 Å². The molecule has 1 aromatic rings. The molecule has 158 valence electrons. The molecule has 3 fully saturated rings. The van der Waals surface area contributed by atoms with Crippen molar-refractivity contribution in [1.82, 2.24) is 14.8 Å². The van der Waals surface area contributed by atoms with Gasteiger partial charge in [-0.05, 0) is 44.7 Å². The first kappa shape index (κ1) is 20.5. The van der Waals surface area contributed by atoms with Crippen LogP contribution in [0, 0.1) is 17.8 Å². The van der Waals surface area contributed by atoms with Gasteiger partial charge in [0.2, 0.25) is 17.7 Å². The van der Waals surface area contributed by atoms with Crippen molar-refractivity contribution in [1.29, 1.82) is 0 Å². The lowest BCUT2D eigenvalue weighted by atomic mass is 9.81. The molecule has 8 heteroatoms. The Bertz CT molecular complexity index is 748. The average Bonchev–Trinajstić information content (AvgIpc) is 3.25. The van der Waals surface area contributed by atoms with Crippen molar-refractivity contribution in [2.24, 2.45) is 17.8 Å². The highest BCUT2D eigenvalue weighted by atomic mass is 32.1. The number of aromatic nitrogens is 1. The molecule has 3 heterocycles. The number of fused-ring (bicyclic) bond motifs is 1. The molecule has 1 N–H and O–H groups in total. The van der Waals surface area contributed by atoms with Gasteiger partial charge in [-0.1, -0.05) is 19.8 Å². The predicted molar refractivity (Wildman–Crippen MR) is 111 cm³/mol. The molecule has 2 unspecified atom stereocenters. The largest absolute Gasteiger partial charge is 0.302 e. The van der Waals surface area contributed by atoms with Crippen LogP contribution in [0.4, 0.5) is 5.13 Å². The third-order valence-corrected chi connectivity index (χ3v) is 7.36. The minimum absolute atomic E-state index is 0.0834. The summed E-state index contributed by atoms with van der Waals surface area (Å²) in [6.45, 7) is 5.48. The number of piperidine rings is 1. The predicted octanol–water partition coefficient (Wildman–Crippen LogP) is 2.88. The molecule has 2 atom stereocenters. The summed E-state index contributed by atoms with van der Waals surface area (Å²) < 4.78 is 0. The number of imide groups is 1. The molecule has 0 radical (unpaired) electrons. The molecule has 3 aliphatic rings. The van der Waals surface area contributed by atoms with Crippen molar-refractivity contribution in [3.63, 3.8) is 0 Å². The minimum atomic E-state index is -0.201. The van der Waals surface area contributed by atoms with Gasteiger partial charge in [-0.15, -0.1) is 11.3 Å². The van der Waals surface area contributed by atoms with Gasteiger partial charge in [0, 0.05) is 24.9 Å². The Hall–Kier alpha value is -1.80. The standard InChI is InChI=1S/C21H30N4O3S/c1-14-6-9-24(10-7-14)12-15-13-29-21(22-15)23-18(26)8-11-25-19(27)16-4-2-3-5-17(16)20(25)28/h13-14,16-17H,2-12H2,1H3,(H,22,23,26). The van der Waals surface area contributed by atoms with Crippen LogP contribution in [0.5, 0.6) is 0 Å². The molecule has 2 saturated heterocycles. The monoisotopic (exact) mass is 418 g/mol. The lowest BCUT2D eigenvalue weighted by Crippen LogP contribution is -2.34. The fourth-order valence-electron chi connectivity index (χ4n) is 4.73. The Morgan fingerprint density at radius 2 is 1.79 bits per heavy atom. The number of hydrogen-bond donors (Lipinski definition) is 1. The van der Waals surface area contributed by atoms with E-state index in [9.17, 15) is 14.4 Å². The Morgan fingerprint density at radius 3 is 2.45 bits per heavy atom. The van der Waals surface area contributed by atoms with Gasteiger partial charge in [0.15, 0.2) is 5.13 Å². The number of rotatable bonds is 6. The van der Waals surface area contributed by atoms with Crippen LogP contribution >= 0.6 is 11.3 Å². The molecule has 2 aliphatic heterocycles. The fourth-order valence-corrected chi connectivity index (χ4v) is 5.45. The maximum absolute atomic E-state index is 12.5. The molecule has 1 aliphatic carbocycles. The first-order valence-electron chi connectivity index (χ1n) is 10.8. The average molecular weight is 419 g/mol. The summed E-state index contributed by atoms with van der Waals surface area (Å²) in [5.41, 5.74) is 0.980. The van der Waals surface area contributed by atoms with Crippen molar-refractivity contribution >= 4 is 34.2 Å². The molecule has 1 saturated carbocycles. The Kier molecular flexibility index (Phi) is 6.29. The van der Waals surface area contributed by atoms with Gasteiger partial charge in [-0.3, -0.25) is 24.2 Å². The number of nitrogens with zero attached hydrogens (tertiary/aromatic N) is 3. The van der Waals surface area contributed by atoms with E-state index < -0.39 is 0 Å². The van der Waals surface area contributed by atoms with Gasteiger partial charge in [-0.25, -0.2) is 4.98 Å². The van der Waals surface area contributed by atoms with Gasteiger partial charge < -0.3 is 5.32 Å². The highest BCUT2D eigenvalue weighted by Crippen LogP contribution is 2.38. The van der Waals surface area contributed by atoms with E-state index in [0.29, 0.717) is 5.13 Å². The smallest absolute Gasteiger partial charge is 0.233 e. The van der Waals surface area contributed by atoms with Crippen LogP contribution in [0.3, 0.4) is 0 Å². The Balaban J connectivity index is 1.24. The van der Waals surface area contributed by atoms with E-state index in [1.807, 2.05) is 5.38 Å². The van der Waals surface area contributed by atoms with Crippen molar-refractivity contribution in [2.45, 2.75) is 58.4 Å². The van der Waals surface area contributed by atoms with Crippen LogP contribution in [0.1, 0.15) is 57.6 Å². The quantitative estimate of drug-likeness (QED) is 0.719. The molecule has 7 nitrogen and oxygen atoms in total. The number of anilines is 1. The molecule has 0 aromatic carbocycles. The maximum atomic E-state index is 12.5. The first-order chi connectivity index (χ1) is 14.0. The van der Waals surface area contributed by atoms with Crippen LogP contribution in [-0.4, -0.2) is 52.1 Å². The van der Waals surface area contributed by atoms with Crippen LogP contribution in [0.15, 0.2) is 5.38 Å². The number of thiazole rings is 1. The van der Waals surface area contributed by atoms with E-state index in [4.69, 9.17) is 0 Å². The molecule has 1 aromatic heterocycles. The number of likely N-dealkylation sites (tertiary alicyclic amines) is 2. The normalized spacial score (nSPS) is 26.0. The summed E-state index contributed by atoms with van der Waals surface area (Å²) in [5.74, 6) is 0.125. The second kappa shape index (κ2) is 8.92. The summed E-state index contributed by atoms with van der Waals surface area (Å²) >= 11 is 1.43. The first-order valence-corrected chi connectivity index (χ1v) is 11.7. The number of carbonyl (C=O) groups is 3. The van der Waals surface area contributed by atoms with Crippen molar-refractivity contribution in [3.05, 3.63) is 11.1 Å². The van der Waals surface area contributed by atoms with E-state index in [2.05, 4.69) is 22.1 Å². The zero-order valence-corrected chi connectivity index (χ0v) is 17.9. The van der Waals surface area contributed by atoms with E-state index in [0.717, 1.165) is 56.9 Å². The maximum Gasteiger partial charge on any atom is 0.233 e. The molecular weight excluding hydrogens is 388 g/mol. The molecule has 4 rings (SSSR count). The van der Waals surface area contributed by atoms with Gasteiger partial charge >= 0.3 is 0 Å². The SMILES string of the molecule is CC1CCN(Cc2csc(NC(=O)CCN3C(=O)C4CCCCC4C3=O)n2)CC1. The zero-order chi connectivity index (χ0) is 20.4. The highest BCUT2D eigenvalue weighted by Gasteiger charge is 2.47. The number of nitrogens with one attached hydrogen (secondary N) is 1. The Labute approximate surface area is 175 Å². The third kappa shape index (κ3) is 4.69. The van der Waals surface area contributed by atoms with Crippen molar-refractivity contribution < 1.29 is 14.4 Å². The van der Waals surface area contributed by atoms with Crippen molar-refractivity contribution in [2.75, 3.05) is 25.0 Å². The topological polar surface area (TPSA) is 82.6 Å². The number of hydrogen-bond acceptors (Lipinski definition) is 6. The van der Waals surface area contributed by atoms with E-state index in [1.54, 1.807) is 0 Å². The zero-order valence-electron chi connectivity index (χ0n) is 17.1. The number of carbonyl (C=O) groups excluding carboxylic acids is 3. The van der Waals surface area contributed by atoms with E-state index in [1.165, 1.54) is 29.1 Å². The summed E-state index contributed by atoms with van der Waals surface area (Å²) in [6, 6.07) is 0. The van der Waals surface area contributed by atoms with Gasteiger partial charge in [0.1, 0.15) is 0 Å². The second-order valence-electron chi connectivity index (χ2n) is 8.73. The van der Waals surface area contributed by atoms with Crippen LogP contribution in [0.25, 0.3) is 0 Å². The third-order valence-electron chi connectivity index (χ3n) is 6.55. The molecule has 0 spiro atoms. The molecular formula is C21H30N4O3S. The molecule has 3 amide bonds. The lowest BCUT2D eigenvalue weighted by molar-refractivity contribution is -0.140. The van der Waals surface area contributed by atoms with E-state index in [-0.39, 0.29) is 42.5 Å². The van der Waals surface area contributed by atoms with Gasteiger partial charge in [0.05, 0.1) is 17.5 Å². The van der Waals surface area contributed by atoms with Crippen molar-refractivity contribution in [3.8, 4) is 0 Å². The van der Waals surface area contributed by atoms with Crippen LogP contribution in [0.2, 0.25) is 0 Å². The summed E-state index contributed by atoms with van der Waals surface area (Å²) in [7, 11) is 0. The van der Waals surface area contributed by atoms with E-state index >= 15 is 0 Å².